The molecule has 3 rings (SSSR count). The van der Waals surface area contributed by atoms with Crippen LogP contribution in [0.4, 0.5) is 11.6 Å². The van der Waals surface area contributed by atoms with Crippen molar-refractivity contribution < 1.29 is 0 Å². The van der Waals surface area contributed by atoms with Crippen LogP contribution in [0.3, 0.4) is 0 Å². The molecule has 4 heteroatoms. The average Bonchev–Trinajstić information content (AvgIpc) is 2.96. The van der Waals surface area contributed by atoms with Crippen molar-refractivity contribution in [1.29, 1.82) is 0 Å². The number of hydrogen-bond donors (Lipinski definition) is 1. The van der Waals surface area contributed by atoms with Crippen LogP contribution >= 0.6 is 0 Å². The largest absolute Gasteiger partial charge is 0.326 e. The van der Waals surface area contributed by atoms with Crippen LogP contribution in [0, 0.1) is 0 Å². The number of hydrogen-bond acceptors (Lipinski definition) is 3. The van der Waals surface area contributed by atoms with Crippen LogP contribution in [0.5, 0.6) is 0 Å². The van der Waals surface area contributed by atoms with E-state index in [2.05, 4.69) is 45.0 Å². The molecule has 0 radical (unpaired) electrons. The van der Waals surface area contributed by atoms with Crippen molar-refractivity contribution >= 4 is 11.6 Å². The molecule has 0 aliphatic carbocycles. The van der Waals surface area contributed by atoms with E-state index in [4.69, 9.17) is 0 Å². The maximum atomic E-state index is 4.47. The summed E-state index contributed by atoms with van der Waals surface area (Å²) in [4.78, 5) is 6.99. The summed E-state index contributed by atoms with van der Waals surface area (Å²) in [7, 11) is 0. The fourth-order valence-corrected chi connectivity index (χ4v) is 2.90. The number of likely N-dealkylation sites (tertiary alicyclic amines) is 1. The molecular formula is C16H22N4. The quantitative estimate of drug-likeness (QED) is 0.925. The van der Waals surface area contributed by atoms with E-state index < -0.39 is 0 Å². The van der Waals surface area contributed by atoms with Crippen molar-refractivity contribution in [2.75, 3.05) is 25.0 Å². The van der Waals surface area contributed by atoms with E-state index in [0.29, 0.717) is 6.04 Å². The molecular weight excluding hydrogens is 248 g/mol. The van der Waals surface area contributed by atoms with Gasteiger partial charge in [-0.2, -0.15) is 0 Å². The van der Waals surface area contributed by atoms with Crippen molar-refractivity contribution in [3.63, 3.8) is 0 Å². The minimum atomic E-state index is 0.525. The number of anilines is 2. The van der Waals surface area contributed by atoms with E-state index >= 15 is 0 Å². The molecule has 1 unspecified atom stereocenters. The Balaban J connectivity index is 1.76. The minimum Gasteiger partial charge on any atom is -0.326 e. The monoisotopic (exact) mass is 270 g/mol. The zero-order chi connectivity index (χ0) is 13.8. The summed E-state index contributed by atoms with van der Waals surface area (Å²) < 4.78 is 2.29. The number of nitrogens with one attached hydrogen (secondary N) is 1. The summed E-state index contributed by atoms with van der Waals surface area (Å²) in [5.74, 6) is 0.944. The molecule has 2 aromatic rings. The number of likely N-dealkylation sites (N-methyl/N-ethyl adjacent to an activating group) is 1. The Morgan fingerprint density at radius 2 is 2.15 bits per heavy atom. The number of piperidine rings is 1. The fraction of sp³-hybridized carbons (Fsp3) is 0.438. The molecule has 0 spiro atoms. The van der Waals surface area contributed by atoms with Crippen molar-refractivity contribution in [2.45, 2.75) is 25.8 Å². The summed E-state index contributed by atoms with van der Waals surface area (Å²) in [5.41, 5.74) is 1.09. The molecule has 0 amide bonds. The van der Waals surface area contributed by atoms with Gasteiger partial charge in [0, 0.05) is 30.7 Å². The van der Waals surface area contributed by atoms with Gasteiger partial charge in [0.2, 0.25) is 5.95 Å². The zero-order valence-electron chi connectivity index (χ0n) is 12.0. The molecule has 0 bridgehead atoms. The van der Waals surface area contributed by atoms with Crippen LogP contribution in [0.15, 0.2) is 42.7 Å². The predicted molar refractivity (Wildman–Crippen MR) is 82.3 cm³/mol. The molecule has 4 nitrogen and oxygen atoms in total. The molecule has 1 aliphatic rings. The second kappa shape index (κ2) is 6.09. The second-order valence-corrected chi connectivity index (χ2v) is 5.34. The maximum absolute atomic E-state index is 4.47. The lowest BCUT2D eigenvalue weighted by Gasteiger charge is -2.33. The van der Waals surface area contributed by atoms with Crippen molar-refractivity contribution in [3.05, 3.63) is 42.7 Å². The number of para-hydroxylation sites is 1. The topological polar surface area (TPSA) is 33.1 Å². The Labute approximate surface area is 120 Å². The van der Waals surface area contributed by atoms with Gasteiger partial charge in [-0.25, -0.2) is 4.98 Å². The minimum absolute atomic E-state index is 0.525. The first-order valence-corrected chi connectivity index (χ1v) is 7.44. The molecule has 20 heavy (non-hydrogen) atoms. The highest BCUT2D eigenvalue weighted by Crippen LogP contribution is 2.25. The van der Waals surface area contributed by atoms with Crippen LogP contribution < -0.4 is 5.32 Å². The van der Waals surface area contributed by atoms with Crippen LogP contribution in [0.1, 0.15) is 25.8 Å². The van der Waals surface area contributed by atoms with Gasteiger partial charge in [-0.05, 0) is 38.1 Å². The van der Waals surface area contributed by atoms with Crippen molar-refractivity contribution in [2.24, 2.45) is 0 Å². The molecule has 2 heterocycles. The Bertz CT molecular complexity index is 534. The van der Waals surface area contributed by atoms with Crippen LogP contribution in [-0.4, -0.2) is 34.1 Å². The third-order valence-electron chi connectivity index (χ3n) is 4.02. The molecule has 1 aliphatic heterocycles. The van der Waals surface area contributed by atoms with Crippen molar-refractivity contribution in [1.82, 2.24) is 14.5 Å². The van der Waals surface area contributed by atoms with Crippen LogP contribution in [0.25, 0.3) is 0 Å². The van der Waals surface area contributed by atoms with E-state index in [-0.39, 0.29) is 0 Å². The molecule has 1 atom stereocenters. The van der Waals surface area contributed by atoms with Gasteiger partial charge < -0.3 is 14.8 Å². The second-order valence-electron chi connectivity index (χ2n) is 5.34. The van der Waals surface area contributed by atoms with Crippen LogP contribution in [-0.2, 0) is 0 Å². The Morgan fingerprint density at radius 3 is 2.95 bits per heavy atom. The van der Waals surface area contributed by atoms with E-state index in [9.17, 15) is 0 Å². The smallest absolute Gasteiger partial charge is 0.207 e. The first-order chi connectivity index (χ1) is 9.86. The summed E-state index contributed by atoms with van der Waals surface area (Å²) in [6.45, 7) is 5.71. The lowest BCUT2D eigenvalue weighted by atomic mass is 10.1. The number of aromatic nitrogens is 2. The van der Waals surface area contributed by atoms with Gasteiger partial charge in [-0.3, -0.25) is 0 Å². The van der Waals surface area contributed by atoms with E-state index in [1.807, 2.05) is 24.4 Å². The van der Waals surface area contributed by atoms with Gasteiger partial charge in [-0.1, -0.05) is 25.1 Å². The van der Waals surface area contributed by atoms with Crippen LogP contribution in [0.2, 0.25) is 0 Å². The summed E-state index contributed by atoms with van der Waals surface area (Å²) in [5, 5.41) is 3.42. The lowest BCUT2D eigenvalue weighted by Crippen LogP contribution is -2.36. The number of benzene rings is 1. The molecule has 0 saturated carbocycles. The average molecular weight is 270 g/mol. The lowest BCUT2D eigenvalue weighted by molar-refractivity contribution is 0.186. The van der Waals surface area contributed by atoms with Crippen molar-refractivity contribution in [3.8, 4) is 0 Å². The van der Waals surface area contributed by atoms with Gasteiger partial charge in [0.1, 0.15) is 0 Å². The zero-order valence-corrected chi connectivity index (χ0v) is 12.0. The Kier molecular flexibility index (Phi) is 4.02. The van der Waals surface area contributed by atoms with Gasteiger partial charge in [0.05, 0.1) is 0 Å². The third-order valence-corrected chi connectivity index (χ3v) is 4.02. The summed E-state index contributed by atoms with van der Waals surface area (Å²) >= 11 is 0. The van der Waals surface area contributed by atoms with Gasteiger partial charge in [-0.15, -0.1) is 0 Å². The molecule has 1 aromatic heterocycles. The van der Waals surface area contributed by atoms with E-state index in [1.165, 1.54) is 19.4 Å². The maximum Gasteiger partial charge on any atom is 0.207 e. The number of nitrogens with zero attached hydrogens (tertiary/aromatic N) is 3. The number of rotatable bonds is 4. The third kappa shape index (κ3) is 2.85. The Morgan fingerprint density at radius 1 is 1.30 bits per heavy atom. The van der Waals surface area contributed by atoms with E-state index in [1.54, 1.807) is 0 Å². The molecule has 106 valence electrons. The highest BCUT2D eigenvalue weighted by atomic mass is 15.2. The van der Waals surface area contributed by atoms with Gasteiger partial charge in [0.15, 0.2) is 0 Å². The van der Waals surface area contributed by atoms with E-state index in [0.717, 1.165) is 24.7 Å². The fourth-order valence-electron chi connectivity index (χ4n) is 2.90. The predicted octanol–water partition coefficient (Wildman–Crippen LogP) is 3.28. The van der Waals surface area contributed by atoms with Gasteiger partial charge in [0.25, 0.3) is 0 Å². The Hall–Kier alpha value is -1.81. The molecule has 1 saturated heterocycles. The molecule has 1 fully saturated rings. The highest BCUT2D eigenvalue weighted by molar-refractivity contribution is 5.53. The molecule has 1 aromatic carbocycles. The normalized spacial score (nSPS) is 19.9. The first kappa shape index (κ1) is 13.2. The highest BCUT2D eigenvalue weighted by Gasteiger charge is 2.21. The SMILES string of the molecule is CCN1CCCC(n2ccnc2Nc2ccccc2)C1. The number of imidazole rings is 1. The molecule has 1 N–H and O–H groups in total. The first-order valence-electron chi connectivity index (χ1n) is 7.44. The standard InChI is InChI=1S/C16H22N4/c1-2-19-11-6-9-15(13-19)20-12-10-17-16(20)18-14-7-4-3-5-8-14/h3-5,7-8,10,12,15H,2,6,9,11,13H2,1H3,(H,17,18). The summed E-state index contributed by atoms with van der Waals surface area (Å²) in [6, 6.07) is 10.8. The van der Waals surface area contributed by atoms with Gasteiger partial charge >= 0.3 is 0 Å². The summed E-state index contributed by atoms with van der Waals surface area (Å²) in [6.07, 6.45) is 6.48.